The minimum absolute atomic E-state index is 0.0487. The van der Waals surface area contributed by atoms with Gasteiger partial charge in [-0.1, -0.05) is 0 Å². The molecule has 2 heterocycles. The van der Waals surface area contributed by atoms with Crippen molar-refractivity contribution in [3.8, 4) is 0 Å². The molecule has 0 saturated carbocycles. The number of non-ortho nitro benzene ring substituents is 1. The molecule has 0 amide bonds. The van der Waals surface area contributed by atoms with E-state index in [-0.39, 0.29) is 5.69 Å². The Morgan fingerprint density at radius 2 is 2.00 bits per heavy atom. The summed E-state index contributed by atoms with van der Waals surface area (Å²) in [7, 11) is 0. The first kappa shape index (κ1) is 13.4. The van der Waals surface area contributed by atoms with Gasteiger partial charge >= 0.3 is 0 Å². The van der Waals surface area contributed by atoms with Gasteiger partial charge in [0.05, 0.1) is 15.8 Å². The summed E-state index contributed by atoms with van der Waals surface area (Å²) in [5.41, 5.74) is 1.50. The van der Waals surface area contributed by atoms with E-state index in [0.29, 0.717) is 16.1 Å². The van der Waals surface area contributed by atoms with Gasteiger partial charge in [0.25, 0.3) is 5.69 Å². The van der Waals surface area contributed by atoms with E-state index in [0.717, 1.165) is 10.6 Å². The molecule has 0 fully saturated rings. The minimum Gasteiger partial charge on any atom is -0.258 e. The van der Waals surface area contributed by atoms with Crippen LogP contribution in [0.4, 0.5) is 5.69 Å². The largest absolute Gasteiger partial charge is 0.278 e. The second-order valence-corrected chi connectivity index (χ2v) is 5.33. The Labute approximate surface area is 124 Å². The number of fused-ring (bicyclic) bond motifs is 1. The van der Waals surface area contributed by atoms with E-state index < -0.39 is 4.92 Å². The van der Waals surface area contributed by atoms with Gasteiger partial charge in [0, 0.05) is 29.0 Å². The van der Waals surface area contributed by atoms with Gasteiger partial charge < -0.3 is 0 Å². The first-order valence-electron chi connectivity index (χ1n) is 6.15. The topological polar surface area (TPSA) is 81.8 Å². The van der Waals surface area contributed by atoms with Crippen molar-refractivity contribution < 1.29 is 4.92 Å². The third kappa shape index (κ3) is 2.68. The number of nitro groups is 1. The fraction of sp³-hybridized carbons (Fsp3) is 0.0714. The summed E-state index contributed by atoms with van der Waals surface area (Å²) in [6.07, 6.45) is 3.30. The predicted octanol–water partition coefficient (Wildman–Crippen LogP) is 3.39. The lowest BCUT2D eigenvalue weighted by atomic mass is 10.2. The number of rotatable bonds is 3. The Morgan fingerprint density at radius 1 is 1.14 bits per heavy atom. The van der Waals surface area contributed by atoms with Gasteiger partial charge in [-0.05, 0) is 43.0 Å². The predicted molar refractivity (Wildman–Crippen MR) is 79.3 cm³/mol. The molecule has 0 aliphatic rings. The molecule has 3 rings (SSSR count). The average molecular weight is 298 g/mol. The molecular formula is C14H10N4O2S. The Balaban J connectivity index is 2.12. The van der Waals surface area contributed by atoms with Crippen LogP contribution in [-0.2, 0) is 0 Å². The van der Waals surface area contributed by atoms with Crippen LogP contribution >= 0.6 is 11.8 Å². The Morgan fingerprint density at radius 3 is 2.76 bits per heavy atom. The number of hydrogen-bond acceptors (Lipinski definition) is 6. The van der Waals surface area contributed by atoms with E-state index in [4.69, 9.17) is 0 Å². The van der Waals surface area contributed by atoms with Gasteiger partial charge in [-0.25, -0.2) is 9.97 Å². The van der Waals surface area contributed by atoms with Crippen LogP contribution < -0.4 is 0 Å². The fourth-order valence-electron chi connectivity index (χ4n) is 1.95. The monoisotopic (exact) mass is 298 g/mol. The zero-order valence-electron chi connectivity index (χ0n) is 11.1. The number of nitrogens with zero attached hydrogens (tertiary/aromatic N) is 4. The summed E-state index contributed by atoms with van der Waals surface area (Å²) in [6.45, 7) is 1.89. The molecule has 0 aliphatic heterocycles. The molecule has 0 N–H and O–H groups in total. The molecule has 6 nitrogen and oxygen atoms in total. The molecule has 7 heteroatoms. The number of benzene rings is 1. The van der Waals surface area contributed by atoms with Crippen molar-refractivity contribution >= 4 is 28.4 Å². The molecule has 21 heavy (non-hydrogen) atoms. The molecule has 3 aromatic rings. The van der Waals surface area contributed by atoms with E-state index in [1.54, 1.807) is 30.6 Å². The van der Waals surface area contributed by atoms with Gasteiger partial charge in [0.15, 0.2) is 5.16 Å². The first-order chi connectivity index (χ1) is 10.1. The molecule has 0 aliphatic carbocycles. The van der Waals surface area contributed by atoms with Crippen molar-refractivity contribution in [3.63, 3.8) is 0 Å². The Hall–Kier alpha value is -2.54. The highest BCUT2D eigenvalue weighted by atomic mass is 32.2. The summed E-state index contributed by atoms with van der Waals surface area (Å²) in [5, 5.41) is 12.2. The van der Waals surface area contributed by atoms with Gasteiger partial charge in [0.1, 0.15) is 0 Å². The number of aromatic nitrogens is 3. The third-order valence-corrected chi connectivity index (χ3v) is 3.81. The van der Waals surface area contributed by atoms with Crippen molar-refractivity contribution in [2.24, 2.45) is 0 Å². The maximum absolute atomic E-state index is 11.1. The van der Waals surface area contributed by atoms with Crippen LogP contribution in [0.1, 0.15) is 5.69 Å². The first-order valence-corrected chi connectivity index (χ1v) is 6.96. The van der Waals surface area contributed by atoms with Gasteiger partial charge in [-0.2, -0.15) is 0 Å². The molecule has 1 aromatic carbocycles. The van der Waals surface area contributed by atoms with E-state index >= 15 is 0 Å². The third-order valence-electron chi connectivity index (χ3n) is 2.88. The normalized spacial score (nSPS) is 10.7. The SMILES string of the molecule is Cc1ccnc(Sc2ccc([N+](=O)[O-])c3cccnc23)n1. The van der Waals surface area contributed by atoms with Crippen molar-refractivity contribution in [1.82, 2.24) is 15.0 Å². The second-order valence-electron chi connectivity index (χ2n) is 4.32. The summed E-state index contributed by atoms with van der Waals surface area (Å²) in [4.78, 5) is 24.2. The zero-order valence-corrected chi connectivity index (χ0v) is 11.9. The minimum atomic E-state index is -0.401. The lowest BCUT2D eigenvalue weighted by Gasteiger charge is -2.05. The summed E-state index contributed by atoms with van der Waals surface area (Å²) >= 11 is 1.34. The summed E-state index contributed by atoms with van der Waals surface area (Å²) in [5.74, 6) is 0. The molecule has 0 saturated heterocycles. The smallest absolute Gasteiger partial charge is 0.258 e. The van der Waals surface area contributed by atoms with Crippen LogP contribution in [-0.4, -0.2) is 19.9 Å². The fourth-order valence-corrected chi connectivity index (χ4v) is 2.84. The number of hydrogen-bond donors (Lipinski definition) is 0. The standard InChI is InChI=1S/C14H10N4O2S/c1-9-6-8-16-14(17-9)21-12-5-4-11(18(19)20)10-3-2-7-15-13(10)12/h2-8H,1H3. The van der Waals surface area contributed by atoms with Crippen molar-refractivity contribution in [2.45, 2.75) is 17.0 Å². The van der Waals surface area contributed by atoms with Crippen LogP contribution in [0.5, 0.6) is 0 Å². The Kier molecular flexibility index (Phi) is 3.49. The highest BCUT2D eigenvalue weighted by molar-refractivity contribution is 7.99. The van der Waals surface area contributed by atoms with E-state index in [1.807, 2.05) is 13.0 Å². The quantitative estimate of drug-likeness (QED) is 0.419. The van der Waals surface area contributed by atoms with E-state index in [1.165, 1.54) is 17.8 Å². The van der Waals surface area contributed by atoms with Crippen LogP contribution in [0.15, 0.2) is 52.8 Å². The highest BCUT2D eigenvalue weighted by Gasteiger charge is 2.16. The van der Waals surface area contributed by atoms with Crippen LogP contribution in [0.3, 0.4) is 0 Å². The molecular weight excluding hydrogens is 288 g/mol. The molecule has 104 valence electrons. The molecule has 2 aromatic heterocycles. The molecule has 0 unspecified atom stereocenters. The van der Waals surface area contributed by atoms with Crippen LogP contribution in [0.2, 0.25) is 0 Å². The zero-order chi connectivity index (χ0) is 14.8. The van der Waals surface area contributed by atoms with Gasteiger partial charge in [-0.15, -0.1) is 0 Å². The van der Waals surface area contributed by atoms with E-state index in [2.05, 4.69) is 15.0 Å². The highest BCUT2D eigenvalue weighted by Crippen LogP contribution is 2.34. The van der Waals surface area contributed by atoms with Crippen molar-refractivity contribution in [2.75, 3.05) is 0 Å². The maximum Gasteiger partial charge on any atom is 0.278 e. The van der Waals surface area contributed by atoms with Crippen molar-refractivity contribution in [3.05, 3.63) is 58.5 Å². The van der Waals surface area contributed by atoms with Crippen LogP contribution in [0.25, 0.3) is 10.9 Å². The van der Waals surface area contributed by atoms with E-state index in [9.17, 15) is 10.1 Å². The average Bonchev–Trinajstić information content (AvgIpc) is 2.47. The Bertz CT molecular complexity index is 838. The maximum atomic E-state index is 11.1. The lowest BCUT2D eigenvalue weighted by Crippen LogP contribution is -1.93. The molecule has 0 spiro atoms. The van der Waals surface area contributed by atoms with Crippen LogP contribution in [0, 0.1) is 17.0 Å². The van der Waals surface area contributed by atoms with Crippen molar-refractivity contribution in [1.29, 1.82) is 0 Å². The molecule has 0 atom stereocenters. The van der Waals surface area contributed by atoms with Gasteiger partial charge in [-0.3, -0.25) is 15.1 Å². The second kappa shape index (κ2) is 5.45. The summed E-state index contributed by atoms with van der Waals surface area (Å²) < 4.78 is 0. The number of aryl methyl sites for hydroxylation is 1. The molecule has 0 radical (unpaired) electrons. The number of pyridine rings is 1. The summed E-state index contributed by atoms with van der Waals surface area (Å²) in [6, 6.07) is 8.37. The lowest BCUT2D eigenvalue weighted by molar-refractivity contribution is -0.383. The number of nitro benzene ring substituents is 1. The van der Waals surface area contributed by atoms with Gasteiger partial charge in [0.2, 0.25) is 0 Å². The molecule has 0 bridgehead atoms.